The molecule has 3 heterocycles. The highest BCUT2D eigenvalue weighted by Crippen LogP contribution is 2.28. The summed E-state index contributed by atoms with van der Waals surface area (Å²) in [6, 6.07) is 7.16. The van der Waals surface area contributed by atoms with Crippen LogP contribution in [0.15, 0.2) is 30.6 Å². The topological polar surface area (TPSA) is 124 Å². The van der Waals surface area contributed by atoms with Gasteiger partial charge in [-0.05, 0) is 32.9 Å². The van der Waals surface area contributed by atoms with E-state index in [1.165, 1.54) is 6.33 Å². The molecule has 0 radical (unpaired) electrons. The largest absolute Gasteiger partial charge is 0.507 e. The van der Waals surface area contributed by atoms with E-state index in [1.807, 2.05) is 13.0 Å². The van der Waals surface area contributed by atoms with Crippen molar-refractivity contribution in [2.45, 2.75) is 39.5 Å². The molecule has 0 spiro atoms. The molecule has 3 aromatic rings. The molecule has 30 heavy (non-hydrogen) atoms. The number of rotatable bonds is 4. The number of phenolic OH excluding ortho intramolecular Hbond substituents is 1. The van der Waals surface area contributed by atoms with Crippen molar-refractivity contribution < 1.29 is 10.2 Å². The van der Waals surface area contributed by atoms with Crippen LogP contribution < -0.4 is 9.80 Å². The lowest BCUT2D eigenvalue weighted by Gasteiger charge is -2.44. The van der Waals surface area contributed by atoms with E-state index in [1.54, 1.807) is 18.2 Å². The molecular weight excluding hydrogens is 384 g/mol. The maximum absolute atomic E-state index is 10.2. The van der Waals surface area contributed by atoms with Crippen LogP contribution in [-0.4, -0.2) is 65.3 Å². The smallest absolute Gasteiger partial charge is 0.229 e. The molecule has 2 aromatic heterocycles. The quantitative estimate of drug-likeness (QED) is 0.653. The minimum absolute atomic E-state index is 0.0772. The van der Waals surface area contributed by atoms with Gasteiger partial charge in [0, 0.05) is 25.2 Å². The number of para-hydroxylation sites is 1. The Morgan fingerprint density at radius 1 is 0.967 bits per heavy atom. The van der Waals surface area contributed by atoms with Crippen molar-refractivity contribution >= 4 is 11.9 Å². The van der Waals surface area contributed by atoms with Crippen LogP contribution in [0.25, 0.3) is 11.4 Å². The van der Waals surface area contributed by atoms with Gasteiger partial charge in [-0.3, -0.25) is 0 Å². The molecule has 0 saturated carbocycles. The van der Waals surface area contributed by atoms with Gasteiger partial charge in [-0.1, -0.05) is 12.1 Å². The maximum Gasteiger partial charge on any atom is 0.229 e. The predicted octanol–water partition coefficient (Wildman–Crippen LogP) is 1.33. The second-order valence-corrected chi connectivity index (χ2v) is 7.39. The highest BCUT2D eigenvalue weighted by molar-refractivity contribution is 5.64. The molecule has 0 bridgehead atoms. The molecule has 0 unspecified atom stereocenters. The van der Waals surface area contributed by atoms with Gasteiger partial charge in [0.25, 0.3) is 0 Å². The fourth-order valence-corrected chi connectivity index (χ4v) is 3.79. The van der Waals surface area contributed by atoms with E-state index in [2.05, 4.69) is 53.6 Å². The van der Waals surface area contributed by atoms with Crippen LogP contribution in [0.3, 0.4) is 0 Å². The zero-order chi connectivity index (χ0) is 21.3. The van der Waals surface area contributed by atoms with E-state index < -0.39 is 0 Å². The van der Waals surface area contributed by atoms with Gasteiger partial charge >= 0.3 is 0 Å². The highest BCUT2D eigenvalue weighted by atomic mass is 16.3. The number of hydrogen-bond acceptors (Lipinski definition) is 10. The van der Waals surface area contributed by atoms with Crippen molar-refractivity contribution in [3.63, 3.8) is 0 Å². The molecule has 1 aromatic carbocycles. The number of aliphatic hydroxyl groups excluding tert-OH is 1. The van der Waals surface area contributed by atoms with E-state index >= 15 is 0 Å². The molecule has 0 aliphatic carbocycles. The number of aromatic nitrogens is 6. The first kappa shape index (κ1) is 19.9. The lowest BCUT2D eigenvalue weighted by Crippen LogP contribution is -2.58. The average Bonchev–Trinajstić information content (AvgIpc) is 2.73. The Kier molecular flexibility index (Phi) is 5.40. The molecule has 1 aliphatic heterocycles. The Morgan fingerprint density at radius 2 is 1.70 bits per heavy atom. The second-order valence-electron chi connectivity index (χ2n) is 7.39. The summed E-state index contributed by atoms with van der Waals surface area (Å²) in [7, 11) is 0. The lowest BCUT2D eigenvalue weighted by atomic mass is 10.1. The van der Waals surface area contributed by atoms with Crippen LogP contribution in [0, 0.1) is 6.92 Å². The fourth-order valence-electron chi connectivity index (χ4n) is 3.79. The van der Waals surface area contributed by atoms with Gasteiger partial charge in [0.15, 0.2) is 11.6 Å². The zero-order valence-electron chi connectivity index (χ0n) is 17.1. The number of piperazine rings is 1. The molecule has 2 N–H and O–H groups in total. The van der Waals surface area contributed by atoms with Crippen molar-refractivity contribution in [2.24, 2.45) is 0 Å². The molecule has 2 atom stereocenters. The average molecular weight is 408 g/mol. The van der Waals surface area contributed by atoms with Crippen LogP contribution in [0.2, 0.25) is 0 Å². The highest BCUT2D eigenvalue weighted by Gasteiger charge is 2.33. The number of anilines is 2. The summed E-state index contributed by atoms with van der Waals surface area (Å²) in [6.07, 6.45) is 1.42. The van der Waals surface area contributed by atoms with Crippen LogP contribution >= 0.6 is 0 Å². The molecule has 1 fully saturated rings. The number of hydrogen-bond donors (Lipinski definition) is 2. The summed E-state index contributed by atoms with van der Waals surface area (Å²) in [5.74, 6) is 2.65. The third kappa shape index (κ3) is 3.86. The third-order valence-corrected chi connectivity index (χ3v) is 5.06. The van der Waals surface area contributed by atoms with Crippen molar-refractivity contribution in [1.82, 2.24) is 29.9 Å². The number of benzene rings is 1. The van der Waals surface area contributed by atoms with Gasteiger partial charge in [0.1, 0.15) is 24.5 Å². The standard InChI is InChI=1S/C20H24N8O2/c1-12-8-27(9-13(2)28(12)19-22-11-21-17(10-29)25-19)20-24-14(3)23-18(26-20)15-6-4-5-7-16(15)30/h4-7,11-13,29-30H,8-10H2,1-3H3/t12-,13+. The zero-order valence-corrected chi connectivity index (χ0v) is 17.1. The van der Waals surface area contributed by atoms with E-state index in [9.17, 15) is 10.2 Å². The number of aromatic hydroxyl groups is 1. The van der Waals surface area contributed by atoms with Crippen LogP contribution in [0.1, 0.15) is 25.5 Å². The SMILES string of the molecule is Cc1nc(-c2ccccc2O)nc(N2C[C@@H](C)N(c3ncnc(CO)n3)[C@@H](C)C2)n1. The van der Waals surface area contributed by atoms with Crippen molar-refractivity contribution in [2.75, 3.05) is 22.9 Å². The van der Waals surface area contributed by atoms with Gasteiger partial charge in [-0.2, -0.15) is 15.0 Å². The summed E-state index contributed by atoms with van der Waals surface area (Å²) in [5, 5.41) is 19.5. The summed E-state index contributed by atoms with van der Waals surface area (Å²) in [6.45, 7) is 7.09. The molecule has 4 rings (SSSR count). The Morgan fingerprint density at radius 3 is 2.40 bits per heavy atom. The van der Waals surface area contributed by atoms with Crippen molar-refractivity contribution in [3.8, 4) is 17.1 Å². The second kappa shape index (κ2) is 8.15. The fraction of sp³-hybridized carbons (Fsp3) is 0.400. The molecule has 1 aliphatic rings. The van der Waals surface area contributed by atoms with E-state index in [-0.39, 0.29) is 24.4 Å². The van der Waals surface area contributed by atoms with Crippen LogP contribution in [-0.2, 0) is 6.61 Å². The van der Waals surface area contributed by atoms with Gasteiger partial charge < -0.3 is 20.0 Å². The summed E-state index contributed by atoms with van der Waals surface area (Å²) in [5.41, 5.74) is 0.575. The van der Waals surface area contributed by atoms with E-state index in [4.69, 9.17) is 0 Å². The number of aliphatic hydroxyl groups is 1. The van der Waals surface area contributed by atoms with Crippen LogP contribution in [0.4, 0.5) is 11.9 Å². The van der Waals surface area contributed by atoms with Crippen molar-refractivity contribution in [1.29, 1.82) is 0 Å². The summed E-state index contributed by atoms with van der Waals surface area (Å²) in [4.78, 5) is 30.4. The Hall–Kier alpha value is -3.40. The van der Waals surface area contributed by atoms with E-state index in [0.29, 0.717) is 48.0 Å². The van der Waals surface area contributed by atoms with Crippen molar-refractivity contribution in [3.05, 3.63) is 42.2 Å². The minimum atomic E-state index is -0.225. The number of aryl methyl sites for hydroxylation is 1. The first-order valence-corrected chi connectivity index (χ1v) is 9.79. The third-order valence-electron chi connectivity index (χ3n) is 5.06. The molecule has 10 nitrogen and oxygen atoms in total. The molecule has 0 amide bonds. The Bertz CT molecular complexity index is 1030. The first-order valence-electron chi connectivity index (χ1n) is 9.79. The number of nitrogens with zero attached hydrogens (tertiary/aromatic N) is 8. The Labute approximate surface area is 174 Å². The molecule has 10 heteroatoms. The molecule has 1 saturated heterocycles. The van der Waals surface area contributed by atoms with Gasteiger partial charge in [-0.15, -0.1) is 0 Å². The molecular formula is C20H24N8O2. The van der Waals surface area contributed by atoms with Gasteiger partial charge in [0.2, 0.25) is 11.9 Å². The van der Waals surface area contributed by atoms with Crippen LogP contribution in [0.5, 0.6) is 5.75 Å². The minimum Gasteiger partial charge on any atom is -0.507 e. The predicted molar refractivity (Wildman–Crippen MR) is 111 cm³/mol. The summed E-state index contributed by atoms with van der Waals surface area (Å²) < 4.78 is 0. The van der Waals surface area contributed by atoms with E-state index in [0.717, 1.165) is 0 Å². The lowest BCUT2D eigenvalue weighted by molar-refractivity contribution is 0.270. The maximum atomic E-state index is 10.2. The first-order chi connectivity index (χ1) is 14.5. The normalized spacial score (nSPS) is 19.2. The molecule has 156 valence electrons. The van der Waals surface area contributed by atoms with Gasteiger partial charge in [0.05, 0.1) is 5.56 Å². The van der Waals surface area contributed by atoms with Gasteiger partial charge in [-0.25, -0.2) is 15.0 Å². The Balaban J connectivity index is 1.62. The monoisotopic (exact) mass is 408 g/mol. The summed E-state index contributed by atoms with van der Waals surface area (Å²) >= 11 is 0. The number of phenols is 1.